The summed E-state index contributed by atoms with van der Waals surface area (Å²) in [5, 5.41) is 0. The summed E-state index contributed by atoms with van der Waals surface area (Å²) in [6, 6.07) is 0. The van der Waals surface area contributed by atoms with Crippen molar-refractivity contribution in [2.24, 2.45) is 11.7 Å². The van der Waals surface area contributed by atoms with E-state index in [1.165, 1.54) is 0 Å². The summed E-state index contributed by atoms with van der Waals surface area (Å²) in [4.78, 5) is 34.5. The average Bonchev–Trinajstić information content (AvgIpc) is 2.54. The SMILES string of the molecule is CC.CCC1CC(=O)N(CCC(N)=O)C1=O. The van der Waals surface area contributed by atoms with Crippen molar-refractivity contribution >= 4 is 17.7 Å². The molecule has 0 aromatic rings. The first-order valence-corrected chi connectivity index (χ1v) is 5.68. The smallest absolute Gasteiger partial charge is 0.232 e. The molecule has 0 saturated carbocycles. The quantitative estimate of drug-likeness (QED) is 0.718. The normalized spacial score (nSPS) is 19.4. The van der Waals surface area contributed by atoms with Crippen LogP contribution in [-0.2, 0) is 14.4 Å². The zero-order valence-corrected chi connectivity index (χ0v) is 10.2. The van der Waals surface area contributed by atoms with Crippen molar-refractivity contribution in [1.29, 1.82) is 0 Å². The van der Waals surface area contributed by atoms with E-state index in [9.17, 15) is 14.4 Å². The van der Waals surface area contributed by atoms with Crippen LogP contribution in [0.15, 0.2) is 0 Å². The first-order valence-electron chi connectivity index (χ1n) is 5.68. The molecule has 1 aliphatic heterocycles. The van der Waals surface area contributed by atoms with E-state index in [2.05, 4.69) is 0 Å². The van der Waals surface area contributed by atoms with E-state index < -0.39 is 5.91 Å². The molecule has 0 radical (unpaired) electrons. The molecule has 0 spiro atoms. The Kier molecular flexibility index (Phi) is 6.37. The fourth-order valence-electron chi connectivity index (χ4n) is 1.53. The van der Waals surface area contributed by atoms with Gasteiger partial charge in [0.25, 0.3) is 0 Å². The molecule has 1 unspecified atom stereocenters. The molecule has 5 heteroatoms. The van der Waals surface area contributed by atoms with Gasteiger partial charge < -0.3 is 5.73 Å². The van der Waals surface area contributed by atoms with Gasteiger partial charge in [-0.2, -0.15) is 0 Å². The number of amides is 3. The first-order chi connectivity index (χ1) is 7.56. The minimum atomic E-state index is -0.495. The van der Waals surface area contributed by atoms with E-state index in [0.29, 0.717) is 6.42 Å². The standard InChI is InChI=1S/C9H14N2O3.C2H6/c1-2-6-5-8(13)11(9(6)14)4-3-7(10)12;1-2/h6H,2-5H2,1H3,(H2,10,12);1-2H3. The molecule has 16 heavy (non-hydrogen) atoms. The number of rotatable bonds is 4. The summed E-state index contributed by atoms with van der Waals surface area (Å²) in [6.07, 6.45) is 0.986. The number of likely N-dealkylation sites (tertiary alicyclic amines) is 1. The van der Waals surface area contributed by atoms with Crippen LogP contribution in [0.5, 0.6) is 0 Å². The second-order valence-corrected chi connectivity index (χ2v) is 3.41. The summed E-state index contributed by atoms with van der Waals surface area (Å²) in [7, 11) is 0. The second kappa shape index (κ2) is 6.98. The summed E-state index contributed by atoms with van der Waals surface area (Å²) >= 11 is 0. The minimum Gasteiger partial charge on any atom is -0.370 e. The van der Waals surface area contributed by atoms with Crippen LogP contribution in [0.25, 0.3) is 0 Å². The maximum absolute atomic E-state index is 11.5. The number of nitrogens with zero attached hydrogens (tertiary/aromatic N) is 1. The van der Waals surface area contributed by atoms with Crippen molar-refractivity contribution in [3.8, 4) is 0 Å². The van der Waals surface area contributed by atoms with Crippen molar-refractivity contribution in [1.82, 2.24) is 4.90 Å². The molecular weight excluding hydrogens is 208 g/mol. The molecule has 0 aliphatic carbocycles. The van der Waals surface area contributed by atoms with Crippen LogP contribution < -0.4 is 5.73 Å². The summed E-state index contributed by atoms with van der Waals surface area (Å²) in [5.41, 5.74) is 4.94. The molecule has 2 N–H and O–H groups in total. The molecule has 5 nitrogen and oxygen atoms in total. The molecule has 1 saturated heterocycles. The lowest BCUT2D eigenvalue weighted by atomic mass is 10.1. The van der Waals surface area contributed by atoms with Gasteiger partial charge in [0.05, 0.1) is 0 Å². The fraction of sp³-hybridized carbons (Fsp3) is 0.727. The van der Waals surface area contributed by atoms with Crippen LogP contribution in [0.2, 0.25) is 0 Å². The number of primary amides is 1. The van der Waals surface area contributed by atoms with Gasteiger partial charge in [-0.25, -0.2) is 0 Å². The van der Waals surface area contributed by atoms with Gasteiger partial charge in [0.1, 0.15) is 0 Å². The Morgan fingerprint density at radius 3 is 2.38 bits per heavy atom. The third-order valence-corrected chi connectivity index (χ3v) is 2.41. The minimum absolute atomic E-state index is 0.0495. The molecule has 92 valence electrons. The molecule has 1 atom stereocenters. The molecule has 1 fully saturated rings. The van der Waals surface area contributed by atoms with Gasteiger partial charge in [0.2, 0.25) is 17.7 Å². The summed E-state index contributed by atoms with van der Waals surface area (Å²) in [5.74, 6) is -1.05. The largest absolute Gasteiger partial charge is 0.370 e. The van der Waals surface area contributed by atoms with Gasteiger partial charge in [-0.1, -0.05) is 20.8 Å². The molecule has 0 bridgehead atoms. The van der Waals surface area contributed by atoms with Crippen LogP contribution in [0.1, 0.15) is 40.0 Å². The number of imide groups is 1. The van der Waals surface area contributed by atoms with Gasteiger partial charge in [-0.05, 0) is 6.42 Å². The third kappa shape index (κ3) is 3.64. The second-order valence-electron chi connectivity index (χ2n) is 3.41. The van der Waals surface area contributed by atoms with Crippen LogP contribution in [0, 0.1) is 5.92 Å². The Balaban J connectivity index is 0.00000106. The maximum atomic E-state index is 11.5. The highest BCUT2D eigenvalue weighted by molar-refractivity contribution is 6.03. The number of carbonyl (C=O) groups excluding carboxylic acids is 3. The molecule has 3 amide bonds. The lowest BCUT2D eigenvalue weighted by Gasteiger charge is -2.12. The van der Waals surface area contributed by atoms with Gasteiger partial charge in [0, 0.05) is 25.3 Å². The lowest BCUT2D eigenvalue weighted by Crippen LogP contribution is -2.33. The van der Waals surface area contributed by atoms with Gasteiger partial charge in [-0.3, -0.25) is 19.3 Å². The molecule has 1 aliphatic rings. The van der Waals surface area contributed by atoms with Crippen LogP contribution >= 0.6 is 0 Å². The van der Waals surface area contributed by atoms with Crippen molar-refractivity contribution in [3.63, 3.8) is 0 Å². The highest BCUT2D eigenvalue weighted by Gasteiger charge is 2.36. The fourth-order valence-corrected chi connectivity index (χ4v) is 1.53. The summed E-state index contributed by atoms with van der Waals surface area (Å²) in [6.45, 7) is 6.00. The molecule has 0 aromatic heterocycles. The van der Waals surface area contributed by atoms with Crippen LogP contribution in [-0.4, -0.2) is 29.2 Å². The van der Waals surface area contributed by atoms with Crippen molar-refractivity contribution in [2.75, 3.05) is 6.54 Å². The van der Waals surface area contributed by atoms with Gasteiger partial charge in [0.15, 0.2) is 0 Å². The van der Waals surface area contributed by atoms with Crippen LogP contribution in [0.4, 0.5) is 0 Å². The van der Waals surface area contributed by atoms with Crippen LogP contribution in [0.3, 0.4) is 0 Å². The van der Waals surface area contributed by atoms with E-state index in [0.717, 1.165) is 4.90 Å². The average molecular weight is 228 g/mol. The molecular formula is C11H20N2O3. The predicted molar refractivity (Wildman–Crippen MR) is 60.3 cm³/mol. The Hall–Kier alpha value is -1.39. The highest BCUT2D eigenvalue weighted by Crippen LogP contribution is 2.22. The monoisotopic (exact) mass is 228 g/mol. The zero-order valence-electron chi connectivity index (χ0n) is 10.2. The number of hydrogen-bond acceptors (Lipinski definition) is 3. The van der Waals surface area contributed by atoms with Crippen molar-refractivity contribution in [2.45, 2.75) is 40.0 Å². The Morgan fingerprint density at radius 1 is 1.44 bits per heavy atom. The van der Waals surface area contributed by atoms with E-state index in [1.54, 1.807) is 0 Å². The predicted octanol–water partition coefficient (Wildman–Crippen LogP) is 0.673. The number of nitrogens with two attached hydrogens (primary N) is 1. The Morgan fingerprint density at radius 2 is 2.00 bits per heavy atom. The van der Waals surface area contributed by atoms with Gasteiger partial charge >= 0.3 is 0 Å². The number of hydrogen-bond donors (Lipinski definition) is 1. The van der Waals surface area contributed by atoms with E-state index >= 15 is 0 Å². The van der Waals surface area contributed by atoms with E-state index in [4.69, 9.17) is 5.73 Å². The molecule has 0 aromatic carbocycles. The Labute approximate surface area is 96.0 Å². The van der Waals surface area contributed by atoms with Crippen molar-refractivity contribution < 1.29 is 14.4 Å². The Bertz CT molecular complexity index is 276. The lowest BCUT2D eigenvalue weighted by molar-refractivity contribution is -0.139. The van der Waals surface area contributed by atoms with E-state index in [1.807, 2.05) is 20.8 Å². The van der Waals surface area contributed by atoms with Crippen molar-refractivity contribution in [3.05, 3.63) is 0 Å². The molecule has 1 rings (SSSR count). The third-order valence-electron chi connectivity index (χ3n) is 2.41. The number of carbonyl (C=O) groups is 3. The maximum Gasteiger partial charge on any atom is 0.232 e. The topological polar surface area (TPSA) is 80.5 Å². The zero-order chi connectivity index (χ0) is 12.7. The van der Waals surface area contributed by atoms with E-state index in [-0.39, 0.29) is 37.1 Å². The molecule has 1 heterocycles. The summed E-state index contributed by atoms with van der Waals surface area (Å²) < 4.78 is 0. The first kappa shape index (κ1) is 14.6. The highest BCUT2D eigenvalue weighted by atomic mass is 16.2. The van der Waals surface area contributed by atoms with Gasteiger partial charge in [-0.15, -0.1) is 0 Å².